The van der Waals surface area contributed by atoms with Gasteiger partial charge in [0.2, 0.25) is 0 Å². The molecule has 2 rings (SSSR count). The lowest BCUT2D eigenvalue weighted by molar-refractivity contribution is 0.404. The molecule has 2 nitrogen and oxygen atoms in total. The fraction of sp³-hybridized carbons (Fsp3) is 0.571. The van der Waals surface area contributed by atoms with E-state index in [4.69, 9.17) is 0 Å². The summed E-state index contributed by atoms with van der Waals surface area (Å²) < 4.78 is 0. The van der Waals surface area contributed by atoms with Crippen molar-refractivity contribution in [3.63, 3.8) is 0 Å². The molecule has 2 N–H and O–H groups in total. The molecular formula is C14H21NO. The van der Waals surface area contributed by atoms with Gasteiger partial charge in [0.1, 0.15) is 5.75 Å². The van der Waals surface area contributed by atoms with Crippen molar-refractivity contribution in [1.29, 1.82) is 0 Å². The number of benzene rings is 1. The minimum Gasteiger partial charge on any atom is -0.508 e. The lowest BCUT2D eigenvalue weighted by Crippen LogP contribution is -2.31. The molecule has 2 heteroatoms. The maximum Gasteiger partial charge on any atom is 0.115 e. The van der Waals surface area contributed by atoms with E-state index in [1.54, 1.807) is 6.07 Å². The molecule has 0 fully saturated rings. The van der Waals surface area contributed by atoms with Gasteiger partial charge < -0.3 is 10.4 Å². The lowest BCUT2D eigenvalue weighted by atomic mass is 9.83. The summed E-state index contributed by atoms with van der Waals surface area (Å²) in [7, 11) is 0. The second-order valence-corrected chi connectivity index (χ2v) is 5.12. The average molecular weight is 219 g/mol. The molecule has 0 bridgehead atoms. The molecule has 0 amide bonds. The summed E-state index contributed by atoms with van der Waals surface area (Å²) in [6.45, 7) is 5.46. The minimum absolute atomic E-state index is 0.399. The number of fused-ring (bicyclic) bond motifs is 1. The van der Waals surface area contributed by atoms with Crippen LogP contribution in [0.2, 0.25) is 0 Å². The van der Waals surface area contributed by atoms with Gasteiger partial charge in [-0.25, -0.2) is 0 Å². The van der Waals surface area contributed by atoms with Crippen molar-refractivity contribution in [3.05, 3.63) is 29.3 Å². The summed E-state index contributed by atoms with van der Waals surface area (Å²) in [5, 5.41) is 13.0. The van der Waals surface area contributed by atoms with Crippen LogP contribution < -0.4 is 5.32 Å². The second kappa shape index (κ2) is 4.88. The lowest BCUT2D eigenvalue weighted by Gasteiger charge is -2.25. The van der Waals surface area contributed by atoms with E-state index < -0.39 is 0 Å². The van der Waals surface area contributed by atoms with Crippen LogP contribution in [0.3, 0.4) is 0 Å². The van der Waals surface area contributed by atoms with Crippen molar-refractivity contribution in [2.45, 2.75) is 39.2 Å². The van der Waals surface area contributed by atoms with Gasteiger partial charge in [-0.1, -0.05) is 19.9 Å². The van der Waals surface area contributed by atoms with Crippen LogP contribution in [-0.4, -0.2) is 17.7 Å². The van der Waals surface area contributed by atoms with E-state index in [0.29, 0.717) is 11.8 Å². The highest BCUT2D eigenvalue weighted by molar-refractivity contribution is 5.36. The van der Waals surface area contributed by atoms with Gasteiger partial charge in [0.05, 0.1) is 0 Å². The Morgan fingerprint density at radius 2 is 2.19 bits per heavy atom. The van der Waals surface area contributed by atoms with Gasteiger partial charge in [-0.2, -0.15) is 0 Å². The van der Waals surface area contributed by atoms with Gasteiger partial charge in [0, 0.05) is 6.04 Å². The Kier molecular flexibility index (Phi) is 3.49. The Bertz CT molecular complexity index is 360. The number of aryl methyl sites for hydroxylation is 1. The molecule has 0 aromatic heterocycles. The Hall–Kier alpha value is -1.02. The molecule has 1 atom stereocenters. The molecule has 88 valence electrons. The summed E-state index contributed by atoms with van der Waals surface area (Å²) in [4.78, 5) is 0. The number of phenolic OH excluding ortho intramolecular Hbond substituents is 1. The zero-order valence-corrected chi connectivity index (χ0v) is 10.2. The van der Waals surface area contributed by atoms with Crippen LogP contribution >= 0.6 is 0 Å². The Balaban J connectivity index is 1.99. The summed E-state index contributed by atoms with van der Waals surface area (Å²) in [5.74, 6) is 1.12. The molecule has 1 aromatic rings. The molecule has 0 saturated heterocycles. The van der Waals surface area contributed by atoms with E-state index in [9.17, 15) is 5.11 Å². The predicted octanol–water partition coefficient (Wildman–Crippen LogP) is 2.50. The van der Waals surface area contributed by atoms with Crippen LogP contribution in [0, 0.1) is 5.92 Å². The van der Waals surface area contributed by atoms with Crippen LogP contribution in [0.1, 0.15) is 31.4 Å². The number of nitrogens with one attached hydrogen (secondary N) is 1. The number of hydrogen-bond donors (Lipinski definition) is 2. The van der Waals surface area contributed by atoms with Crippen LogP contribution in [0.15, 0.2) is 18.2 Å². The SMILES string of the molecule is CC(C)NCC1CCc2ccc(O)cc2C1. The van der Waals surface area contributed by atoms with E-state index in [1.165, 1.54) is 17.5 Å². The van der Waals surface area contributed by atoms with Crippen molar-refractivity contribution in [3.8, 4) is 5.75 Å². The third-order valence-electron chi connectivity index (χ3n) is 3.34. The van der Waals surface area contributed by atoms with Gasteiger partial charge in [0.25, 0.3) is 0 Å². The van der Waals surface area contributed by atoms with Gasteiger partial charge in [-0.05, 0) is 55.0 Å². The largest absolute Gasteiger partial charge is 0.508 e. The number of aromatic hydroxyl groups is 1. The van der Waals surface area contributed by atoms with Crippen molar-refractivity contribution < 1.29 is 5.11 Å². The second-order valence-electron chi connectivity index (χ2n) is 5.12. The van der Waals surface area contributed by atoms with Gasteiger partial charge in [-0.3, -0.25) is 0 Å². The van der Waals surface area contributed by atoms with Crippen LogP contribution in [0.4, 0.5) is 0 Å². The predicted molar refractivity (Wildman–Crippen MR) is 66.8 cm³/mol. The summed E-state index contributed by atoms with van der Waals surface area (Å²) >= 11 is 0. The maximum absolute atomic E-state index is 9.48. The first-order chi connectivity index (χ1) is 7.65. The van der Waals surface area contributed by atoms with Crippen molar-refractivity contribution in [2.24, 2.45) is 5.92 Å². The Morgan fingerprint density at radius 1 is 1.38 bits per heavy atom. The van der Waals surface area contributed by atoms with Gasteiger partial charge >= 0.3 is 0 Å². The molecule has 1 aromatic carbocycles. The average Bonchev–Trinajstić information content (AvgIpc) is 2.25. The highest BCUT2D eigenvalue weighted by Crippen LogP contribution is 2.27. The molecule has 0 saturated carbocycles. The van der Waals surface area contributed by atoms with Gasteiger partial charge in [-0.15, -0.1) is 0 Å². The first-order valence-electron chi connectivity index (χ1n) is 6.19. The Morgan fingerprint density at radius 3 is 2.94 bits per heavy atom. The van der Waals surface area contributed by atoms with E-state index in [0.717, 1.165) is 25.3 Å². The molecule has 1 aliphatic rings. The summed E-state index contributed by atoms with van der Waals surface area (Å²) in [6.07, 6.45) is 3.51. The monoisotopic (exact) mass is 219 g/mol. The maximum atomic E-state index is 9.48. The first-order valence-corrected chi connectivity index (χ1v) is 6.19. The third kappa shape index (κ3) is 2.76. The van der Waals surface area contributed by atoms with E-state index in [1.807, 2.05) is 6.07 Å². The zero-order valence-electron chi connectivity index (χ0n) is 10.2. The standard InChI is InChI=1S/C14H21NO/c1-10(2)15-9-11-3-4-12-5-6-14(16)8-13(12)7-11/h5-6,8,10-11,15-16H,3-4,7,9H2,1-2H3. The fourth-order valence-corrected chi connectivity index (χ4v) is 2.40. The molecule has 16 heavy (non-hydrogen) atoms. The Labute approximate surface area is 97.7 Å². The van der Waals surface area contributed by atoms with Crippen molar-refractivity contribution in [2.75, 3.05) is 6.54 Å². The topological polar surface area (TPSA) is 32.3 Å². The minimum atomic E-state index is 0.399. The summed E-state index contributed by atoms with van der Waals surface area (Å²) in [6, 6.07) is 6.35. The molecule has 0 heterocycles. The van der Waals surface area contributed by atoms with Crippen LogP contribution in [0.5, 0.6) is 5.75 Å². The smallest absolute Gasteiger partial charge is 0.115 e. The normalized spacial score (nSPS) is 19.8. The highest BCUT2D eigenvalue weighted by Gasteiger charge is 2.18. The van der Waals surface area contributed by atoms with E-state index in [2.05, 4.69) is 25.2 Å². The van der Waals surface area contributed by atoms with Crippen molar-refractivity contribution >= 4 is 0 Å². The summed E-state index contributed by atoms with van der Waals surface area (Å²) in [5.41, 5.74) is 2.75. The van der Waals surface area contributed by atoms with E-state index in [-0.39, 0.29) is 0 Å². The molecule has 0 spiro atoms. The van der Waals surface area contributed by atoms with Crippen LogP contribution in [0.25, 0.3) is 0 Å². The number of phenols is 1. The zero-order chi connectivity index (χ0) is 11.5. The fourth-order valence-electron chi connectivity index (χ4n) is 2.40. The molecule has 0 aliphatic heterocycles. The quantitative estimate of drug-likeness (QED) is 0.818. The molecular weight excluding hydrogens is 198 g/mol. The molecule has 0 radical (unpaired) electrons. The first kappa shape index (κ1) is 11.5. The molecule has 1 unspecified atom stereocenters. The van der Waals surface area contributed by atoms with Crippen LogP contribution in [-0.2, 0) is 12.8 Å². The molecule has 1 aliphatic carbocycles. The van der Waals surface area contributed by atoms with Crippen molar-refractivity contribution in [1.82, 2.24) is 5.32 Å². The number of rotatable bonds is 3. The number of hydrogen-bond acceptors (Lipinski definition) is 2. The van der Waals surface area contributed by atoms with E-state index >= 15 is 0 Å². The van der Waals surface area contributed by atoms with Gasteiger partial charge in [0.15, 0.2) is 0 Å². The third-order valence-corrected chi connectivity index (χ3v) is 3.34. The highest BCUT2D eigenvalue weighted by atomic mass is 16.3.